The molecular weight excluding hydrogens is 437 g/mol. The highest BCUT2D eigenvalue weighted by Crippen LogP contribution is 2.41. The van der Waals surface area contributed by atoms with E-state index in [9.17, 15) is 14.3 Å². The summed E-state index contributed by atoms with van der Waals surface area (Å²) in [4.78, 5) is 26.4. The highest BCUT2D eigenvalue weighted by molar-refractivity contribution is 6.06. The van der Waals surface area contributed by atoms with Crippen molar-refractivity contribution in [1.29, 1.82) is 0 Å². The van der Waals surface area contributed by atoms with E-state index in [2.05, 4.69) is 25.7 Å². The summed E-state index contributed by atoms with van der Waals surface area (Å²) in [7, 11) is 0. The highest BCUT2D eigenvalue weighted by Gasteiger charge is 2.43. The van der Waals surface area contributed by atoms with E-state index >= 15 is 0 Å². The minimum atomic E-state index is -0.845. The minimum Gasteiger partial charge on any atom is -0.392 e. The number of pyridine rings is 1. The number of amides is 1. The van der Waals surface area contributed by atoms with Gasteiger partial charge in [0.25, 0.3) is 0 Å². The third-order valence-corrected chi connectivity index (χ3v) is 5.90. The van der Waals surface area contributed by atoms with Gasteiger partial charge in [-0.3, -0.25) is 4.79 Å². The number of benzene rings is 1. The van der Waals surface area contributed by atoms with E-state index < -0.39 is 11.5 Å². The SMILES string of the molecule is C[C@@H](O)CNc1nc(-c2nn(Cc3ccccc3F)c3ncccc23)nc2c1C(C)(C)C(=O)N2. The van der Waals surface area contributed by atoms with E-state index in [4.69, 9.17) is 4.98 Å². The van der Waals surface area contributed by atoms with Crippen LogP contribution in [0.5, 0.6) is 0 Å². The molecule has 1 aromatic carbocycles. The molecule has 0 aliphatic carbocycles. The number of anilines is 2. The van der Waals surface area contributed by atoms with Gasteiger partial charge in [-0.05, 0) is 39.0 Å². The van der Waals surface area contributed by atoms with Crippen molar-refractivity contribution in [2.24, 2.45) is 0 Å². The van der Waals surface area contributed by atoms with Crippen molar-refractivity contribution in [3.8, 4) is 11.5 Å². The number of carbonyl (C=O) groups is 1. The van der Waals surface area contributed by atoms with Gasteiger partial charge in [0.05, 0.1) is 29.0 Å². The van der Waals surface area contributed by atoms with Gasteiger partial charge in [-0.25, -0.2) is 24.0 Å². The topological polar surface area (TPSA) is 118 Å². The second kappa shape index (κ2) is 8.14. The molecule has 0 saturated heterocycles. The fourth-order valence-electron chi connectivity index (χ4n) is 4.07. The first-order chi connectivity index (χ1) is 16.3. The molecule has 1 atom stereocenters. The molecule has 4 heterocycles. The number of hydrogen-bond donors (Lipinski definition) is 3. The molecule has 4 aromatic rings. The van der Waals surface area contributed by atoms with Crippen molar-refractivity contribution in [2.45, 2.75) is 38.8 Å². The van der Waals surface area contributed by atoms with Gasteiger partial charge in [0.2, 0.25) is 5.91 Å². The van der Waals surface area contributed by atoms with Crippen molar-refractivity contribution in [3.05, 3.63) is 59.5 Å². The van der Waals surface area contributed by atoms with Gasteiger partial charge in [-0.15, -0.1) is 0 Å². The van der Waals surface area contributed by atoms with Crippen LogP contribution in [-0.4, -0.2) is 48.4 Å². The number of nitrogens with one attached hydrogen (secondary N) is 2. The molecule has 0 saturated carbocycles. The fourth-order valence-corrected chi connectivity index (χ4v) is 4.07. The van der Waals surface area contributed by atoms with Crippen LogP contribution < -0.4 is 10.6 Å². The van der Waals surface area contributed by atoms with Crippen LogP contribution in [-0.2, 0) is 16.8 Å². The summed E-state index contributed by atoms with van der Waals surface area (Å²) in [5.74, 6) is 0.617. The van der Waals surface area contributed by atoms with E-state index in [0.717, 1.165) is 0 Å². The molecule has 3 aromatic heterocycles. The maximum atomic E-state index is 14.3. The maximum absolute atomic E-state index is 14.3. The molecule has 0 fully saturated rings. The van der Waals surface area contributed by atoms with Crippen molar-refractivity contribution in [2.75, 3.05) is 17.2 Å². The molecule has 1 aliphatic heterocycles. The Kier molecular flexibility index (Phi) is 5.24. The standard InChI is InChI=1S/C24H24FN7O2/c1-13(33)11-27-19-17-20(30-23(34)24(17,2)3)29-21(28-19)18-15-8-6-10-26-22(15)32(31-18)12-14-7-4-5-9-16(14)25/h4-10,13,33H,11-12H2,1-3H3,(H2,27,28,29,30,34)/t13-/m1/s1. The van der Waals surface area contributed by atoms with Crippen molar-refractivity contribution < 1.29 is 14.3 Å². The Bertz CT molecular complexity index is 1410. The number of halogens is 1. The summed E-state index contributed by atoms with van der Waals surface area (Å²) in [6.45, 7) is 5.69. The van der Waals surface area contributed by atoms with Crippen LogP contribution >= 0.6 is 0 Å². The normalized spacial score (nSPS) is 15.3. The Balaban J connectivity index is 1.66. The molecular formula is C24H24FN7O2. The van der Waals surface area contributed by atoms with E-state index in [1.54, 1.807) is 55.9 Å². The lowest BCUT2D eigenvalue weighted by atomic mass is 9.87. The average Bonchev–Trinajstić information content (AvgIpc) is 3.28. The van der Waals surface area contributed by atoms with Crippen LogP contribution in [0.3, 0.4) is 0 Å². The summed E-state index contributed by atoms with van der Waals surface area (Å²) in [6.07, 6.45) is 1.03. The second-order valence-electron chi connectivity index (χ2n) is 8.90. The number of carbonyl (C=O) groups excluding carboxylic acids is 1. The third kappa shape index (κ3) is 3.65. The Morgan fingerprint density at radius 1 is 1.21 bits per heavy atom. The molecule has 5 rings (SSSR count). The minimum absolute atomic E-state index is 0.183. The van der Waals surface area contributed by atoms with Gasteiger partial charge in [0.15, 0.2) is 11.5 Å². The average molecular weight is 462 g/mol. The van der Waals surface area contributed by atoms with Crippen LogP contribution in [0.4, 0.5) is 16.0 Å². The van der Waals surface area contributed by atoms with E-state index in [1.807, 2.05) is 6.07 Å². The first-order valence-corrected chi connectivity index (χ1v) is 11.0. The summed E-state index contributed by atoms with van der Waals surface area (Å²) in [5, 5.41) is 21.2. The quantitative estimate of drug-likeness (QED) is 0.404. The summed E-state index contributed by atoms with van der Waals surface area (Å²) < 4.78 is 15.9. The van der Waals surface area contributed by atoms with Crippen LogP contribution in [0.1, 0.15) is 31.9 Å². The molecule has 0 spiro atoms. The molecule has 0 unspecified atom stereocenters. The summed E-state index contributed by atoms with van der Waals surface area (Å²) in [5.41, 5.74) is 1.29. The number of aromatic nitrogens is 5. The van der Waals surface area contributed by atoms with Gasteiger partial charge in [0, 0.05) is 18.3 Å². The molecule has 174 valence electrons. The number of aliphatic hydroxyl groups is 1. The Hall–Kier alpha value is -3.92. The lowest BCUT2D eigenvalue weighted by Crippen LogP contribution is -2.28. The third-order valence-electron chi connectivity index (χ3n) is 5.90. The van der Waals surface area contributed by atoms with Crippen LogP contribution in [0, 0.1) is 5.82 Å². The number of nitrogens with zero attached hydrogens (tertiary/aromatic N) is 5. The number of aliphatic hydroxyl groups excluding tert-OH is 1. The molecule has 1 amide bonds. The van der Waals surface area contributed by atoms with Crippen molar-refractivity contribution in [3.63, 3.8) is 0 Å². The molecule has 3 N–H and O–H groups in total. The first kappa shape index (κ1) is 21.9. The van der Waals surface area contributed by atoms with Gasteiger partial charge < -0.3 is 15.7 Å². The summed E-state index contributed by atoms with van der Waals surface area (Å²) in [6, 6.07) is 10.2. The van der Waals surface area contributed by atoms with Crippen LogP contribution in [0.2, 0.25) is 0 Å². The smallest absolute Gasteiger partial charge is 0.235 e. The molecule has 0 radical (unpaired) electrons. The van der Waals surface area contributed by atoms with Gasteiger partial charge >= 0.3 is 0 Å². The Labute approximate surface area is 195 Å². The lowest BCUT2D eigenvalue weighted by molar-refractivity contribution is -0.119. The zero-order valence-electron chi connectivity index (χ0n) is 19.0. The van der Waals surface area contributed by atoms with Crippen molar-refractivity contribution >= 4 is 28.6 Å². The Morgan fingerprint density at radius 2 is 2.00 bits per heavy atom. The Morgan fingerprint density at radius 3 is 2.76 bits per heavy atom. The monoisotopic (exact) mass is 461 g/mol. The van der Waals surface area contributed by atoms with Gasteiger partial charge in [0.1, 0.15) is 23.1 Å². The second-order valence-corrected chi connectivity index (χ2v) is 8.90. The molecule has 34 heavy (non-hydrogen) atoms. The predicted molar refractivity (Wildman–Crippen MR) is 126 cm³/mol. The van der Waals surface area contributed by atoms with E-state index in [-0.39, 0.29) is 30.6 Å². The summed E-state index contributed by atoms with van der Waals surface area (Å²) >= 11 is 0. The number of fused-ring (bicyclic) bond motifs is 2. The fraction of sp³-hybridized carbons (Fsp3) is 0.292. The zero-order chi connectivity index (χ0) is 24.0. The zero-order valence-corrected chi connectivity index (χ0v) is 19.0. The van der Waals surface area contributed by atoms with E-state index in [1.165, 1.54) is 6.07 Å². The van der Waals surface area contributed by atoms with Crippen LogP contribution in [0.25, 0.3) is 22.6 Å². The molecule has 10 heteroatoms. The van der Waals surface area contributed by atoms with Crippen LogP contribution in [0.15, 0.2) is 42.6 Å². The van der Waals surface area contributed by atoms with Gasteiger partial charge in [-0.2, -0.15) is 5.10 Å². The van der Waals surface area contributed by atoms with E-state index in [0.29, 0.717) is 39.5 Å². The highest BCUT2D eigenvalue weighted by atomic mass is 19.1. The molecule has 9 nitrogen and oxygen atoms in total. The van der Waals surface area contributed by atoms with Crippen molar-refractivity contribution in [1.82, 2.24) is 24.7 Å². The maximum Gasteiger partial charge on any atom is 0.235 e. The molecule has 1 aliphatic rings. The predicted octanol–water partition coefficient (Wildman–Crippen LogP) is 3.10. The largest absolute Gasteiger partial charge is 0.392 e. The van der Waals surface area contributed by atoms with Gasteiger partial charge in [-0.1, -0.05) is 18.2 Å². The number of rotatable bonds is 6. The first-order valence-electron chi connectivity index (χ1n) is 11.0. The number of hydrogen-bond acceptors (Lipinski definition) is 7. The lowest BCUT2D eigenvalue weighted by Gasteiger charge is -2.19. The molecule has 0 bridgehead atoms.